The molecule has 3 aromatic rings. The van der Waals surface area contributed by atoms with Crippen molar-refractivity contribution in [2.24, 2.45) is 0 Å². The standard InChI is InChI=1S/C26H34N6O5/c1-6-18-13-19(11-16(4)23(18)36-10-9-27-22(33)15-28-26(34)35)24-30-25(37-31-24)20-12-17(5)29-21(14-20)32(7-2)8-3/h11-14,28H,6-10,15H2,1-5H3,(H,27,33)(H,34,35). The molecule has 0 radical (unpaired) electrons. The fourth-order valence-electron chi connectivity index (χ4n) is 3.95. The van der Waals surface area contributed by atoms with Crippen LogP contribution in [-0.2, 0) is 11.2 Å². The topological polar surface area (TPSA) is 143 Å². The van der Waals surface area contributed by atoms with Crippen molar-refractivity contribution in [1.29, 1.82) is 0 Å². The molecule has 198 valence electrons. The minimum atomic E-state index is -1.25. The summed E-state index contributed by atoms with van der Waals surface area (Å²) in [4.78, 5) is 33.6. The van der Waals surface area contributed by atoms with Gasteiger partial charge in [0.2, 0.25) is 11.7 Å². The highest BCUT2D eigenvalue weighted by molar-refractivity contribution is 5.81. The molecule has 37 heavy (non-hydrogen) atoms. The van der Waals surface area contributed by atoms with Crippen molar-refractivity contribution in [2.45, 2.75) is 41.0 Å². The highest BCUT2D eigenvalue weighted by Gasteiger charge is 2.17. The van der Waals surface area contributed by atoms with Crippen molar-refractivity contribution >= 4 is 17.8 Å². The van der Waals surface area contributed by atoms with Crippen molar-refractivity contribution in [3.05, 3.63) is 41.1 Å². The van der Waals surface area contributed by atoms with Crippen LogP contribution in [0.1, 0.15) is 37.6 Å². The van der Waals surface area contributed by atoms with Gasteiger partial charge < -0.3 is 29.9 Å². The zero-order chi connectivity index (χ0) is 26.9. The van der Waals surface area contributed by atoms with E-state index in [9.17, 15) is 9.59 Å². The summed E-state index contributed by atoms with van der Waals surface area (Å²) in [6.45, 7) is 12.0. The van der Waals surface area contributed by atoms with Crippen molar-refractivity contribution in [2.75, 3.05) is 37.7 Å². The lowest BCUT2D eigenvalue weighted by molar-refractivity contribution is -0.120. The minimum absolute atomic E-state index is 0.245. The number of pyridine rings is 1. The largest absolute Gasteiger partial charge is 0.491 e. The Labute approximate surface area is 216 Å². The van der Waals surface area contributed by atoms with Gasteiger partial charge in [-0.15, -0.1) is 0 Å². The number of carboxylic acid groups (broad SMARTS) is 1. The average Bonchev–Trinajstić information content (AvgIpc) is 3.37. The summed E-state index contributed by atoms with van der Waals surface area (Å²) in [6.07, 6.45) is -0.524. The van der Waals surface area contributed by atoms with Crippen LogP contribution in [0.3, 0.4) is 0 Å². The number of aryl methyl sites for hydroxylation is 3. The van der Waals surface area contributed by atoms with Crippen LogP contribution in [0.2, 0.25) is 0 Å². The summed E-state index contributed by atoms with van der Waals surface area (Å²) in [5.74, 6) is 2.10. The number of aromatic nitrogens is 3. The Hall–Kier alpha value is -4.15. The van der Waals surface area contributed by atoms with Gasteiger partial charge in [-0.25, -0.2) is 9.78 Å². The first-order valence-corrected chi connectivity index (χ1v) is 12.3. The second kappa shape index (κ2) is 12.7. The summed E-state index contributed by atoms with van der Waals surface area (Å²) in [5.41, 5.74) is 4.40. The van der Waals surface area contributed by atoms with Gasteiger partial charge in [0.1, 0.15) is 18.2 Å². The van der Waals surface area contributed by atoms with E-state index in [1.54, 1.807) is 0 Å². The van der Waals surface area contributed by atoms with E-state index in [0.717, 1.165) is 59.0 Å². The quantitative estimate of drug-likeness (QED) is 0.312. The van der Waals surface area contributed by atoms with Gasteiger partial charge in [0.25, 0.3) is 5.89 Å². The van der Waals surface area contributed by atoms with Gasteiger partial charge in [0.15, 0.2) is 0 Å². The Morgan fingerprint density at radius 2 is 1.78 bits per heavy atom. The van der Waals surface area contributed by atoms with Crippen LogP contribution in [0.15, 0.2) is 28.8 Å². The molecule has 11 heteroatoms. The molecule has 0 aliphatic rings. The number of hydrogen-bond acceptors (Lipinski definition) is 8. The molecule has 0 fully saturated rings. The first-order valence-electron chi connectivity index (χ1n) is 12.3. The molecule has 0 bridgehead atoms. The molecular weight excluding hydrogens is 476 g/mol. The Balaban J connectivity index is 1.74. The van der Waals surface area contributed by atoms with E-state index < -0.39 is 12.0 Å². The Morgan fingerprint density at radius 1 is 1.03 bits per heavy atom. The molecule has 0 atom stereocenters. The second-order valence-corrected chi connectivity index (χ2v) is 8.44. The number of ether oxygens (including phenoxy) is 1. The summed E-state index contributed by atoms with van der Waals surface area (Å²) in [5, 5.41) is 17.4. The molecule has 0 spiro atoms. The fourth-order valence-corrected chi connectivity index (χ4v) is 3.95. The maximum Gasteiger partial charge on any atom is 0.405 e. The van der Waals surface area contributed by atoms with Gasteiger partial charge >= 0.3 is 6.09 Å². The molecule has 0 saturated heterocycles. The van der Waals surface area contributed by atoms with E-state index >= 15 is 0 Å². The number of benzene rings is 1. The normalized spacial score (nSPS) is 10.7. The van der Waals surface area contributed by atoms with Crippen LogP contribution in [0, 0.1) is 13.8 Å². The lowest BCUT2D eigenvalue weighted by Crippen LogP contribution is -2.37. The third kappa shape index (κ3) is 7.18. The molecule has 0 aliphatic heterocycles. The van der Waals surface area contributed by atoms with Crippen LogP contribution >= 0.6 is 0 Å². The highest BCUT2D eigenvalue weighted by Crippen LogP contribution is 2.31. The molecular formula is C26H34N6O5. The third-order valence-electron chi connectivity index (χ3n) is 5.76. The molecule has 3 rings (SSSR count). The predicted molar refractivity (Wildman–Crippen MR) is 140 cm³/mol. The van der Waals surface area contributed by atoms with E-state index in [1.165, 1.54) is 0 Å². The van der Waals surface area contributed by atoms with Crippen LogP contribution in [-0.4, -0.2) is 65.0 Å². The number of nitrogens with one attached hydrogen (secondary N) is 2. The SMILES string of the molecule is CCc1cc(-c2noc(-c3cc(C)nc(N(CC)CC)c3)n2)cc(C)c1OCCNC(=O)CNC(=O)O. The van der Waals surface area contributed by atoms with Gasteiger partial charge in [-0.3, -0.25) is 4.79 Å². The highest BCUT2D eigenvalue weighted by atomic mass is 16.5. The molecule has 0 aliphatic carbocycles. The Morgan fingerprint density at radius 3 is 2.46 bits per heavy atom. The number of anilines is 1. The lowest BCUT2D eigenvalue weighted by atomic mass is 10.0. The van der Waals surface area contributed by atoms with Crippen LogP contribution in [0.4, 0.5) is 10.6 Å². The maximum absolute atomic E-state index is 11.6. The monoisotopic (exact) mass is 510 g/mol. The predicted octanol–water partition coefficient (Wildman–Crippen LogP) is 3.59. The average molecular weight is 511 g/mol. The van der Waals surface area contributed by atoms with Crippen LogP contribution in [0.25, 0.3) is 22.8 Å². The Kier molecular flexibility index (Phi) is 9.42. The number of hydrogen-bond donors (Lipinski definition) is 3. The number of carbonyl (C=O) groups is 2. The van der Waals surface area contributed by atoms with E-state index in [-0.39, 0.29) is 19.7 Å². The molecule has 2 amide bonds. The molecule has 2 aromatic heterocycles. The zero-order valence-corrected chi connectivity index (χ0v) is 21.9. The van der Waals surface area contributed by atoms with Crippen LogP contribution in [0.5, 0.6) is 5.75 Å². The smallest absolute Gasteiger partial charge is 0.405 e. The van der Waals surface area contributed by atoms with E-state index in [1.807, 2.05) is 50.4 Å². The van der Waals surface area contributed by atoms with Crippen molar-refractivity contribution < 1.29 is 24.0 Å². The minimum Gasteiger partial charge on any atom is -0.491 e. The summed E-state index contributed by atoms with van der Waals surface area (Å²) < 4.78 is 11.6. The molecule has 11 nitrogen and oxygen atoms in total. The molecule has 2 heterocycles. The third-order valence-corrected chi connectivity index (χ3v) is 5.76. The molecule has 0 unspecified atom stereocenters. The number of rotatable bonds is 12. The fraction of sp³-hybridized carbons (Fsp3) is 0.423. The first-order chi connectivity index (χ1) is 17.7. The first kappa shape index (κ1) is 27.4. The second-order valence-electron chi connectivity index (χ2n) is 8.44. The number of amides is 2. The van der Waals surface area contributed by atoms with Crippen molar-refractivity contribution in [3.8, 4) is 28.6 Å². The van der Waals surface area contributed by atoms with Gasteiger partial charge in [-0.05, 0) is 69.5 Å². The molecule has 3 N–H and O–H groups in total. The van der Waals surface area contributed by atoms with Crippen molar-refractivity contribution in [3.63, 3.8) is 0 Å². The maximum atomic E-state index is 11.6. The lowest BCUT2D eigenvalue weighted by Gasteiger charge is -2.20. The summed E-state index contributed by atoms with van der Waals surface area (Å²) in [6, 6.07) is 7.82. The van der Waals surface area contributed by atoms with E-state index in [0.29, 0.717) is 11.7 Å². The van der Waals surface area contributed by atoms with Gasteiger partial charge in [0, 0.05) is 29.9 Å². The van der Waals surface area contributed by atoms with Gasteiger partial charge in [0.05, 0.1) is 13.1 Å². The van der Waals surface area contributed by atoms with Crippen LogP contribution < -0.4 is 20.3 Å². The van der Waals surface area contributed by atoms with E-state index in [4.69, 9.17) is 14.4 Å². The summed E-state index contributed by atoms with van der Waals surface area (Å²) >= 11 is 0. The van der Waals surface area contributed by atoms with E-state index in [2.05, 4.69) is 39.2 Å². The summed E-state index contributed by atoms with van der Waals surface area (Å²) in [7, 11) is 0. The van der Waals surface area contributed by atoms with Gasteiger partial charge in [-0.2, -0.15) is 4.98 Å². The molecule has 1 aromatic carbocycles. The zero-order valence-electron chi connectivity index (χ0n) is 21.9. The van der Waals surface area contributed by atoms with Crippen molar-refractivity contribution in [1.82, 2.24) is 25.8 Å². The number of carbonyl (C=O) groups excluding carboxylic acids is 1. The number of nitrogens with zero attached hydrogens (tertiary/aromatic N) is 4. The van der Waals surface area contributed by atoms with Gasteiger partial charge in [-0.1, -0.05) is 12.1 Å². The molecule has 0 saturated carbocycles. The Bertz CT molecular complexity index is 1240.